The van der Waals surface area contributed by atoms with Crippen LogP contribution < -0.4 is 0 Å². The third-order valence-corrected chi connectivity index (χ3v) is 5.21. The van der Waals surface area contributed by atoms with Crippen LogP contribution in [-0.2, 0) is 0 Å². The third kappa shape index (κ3) is 5.37. The average molecular weight is 427 g/mol. The molecule has 0 bridgehead atoms. The lowest BCUT2D eigenvalue weighted by atomic mass is 10.1. The Labute approximate surface area is 200 Å². The zero-order chi connectivity index (χ0) is 23.0. The lowest BCUT2D eigenvalue weighted by Crippen LogP contribution is -1.81. The van der Waals surface area contributed by atoms with Gasteiger partial charge in [0.25, 0.3) is 0 Å². The van der Waals surface area contributed by atoms with Gasteiger partial charge in [0.1, 0.15) is 0 Å². The first kappa shape index (κ1) is 20.7. The maximum absolute atomic E-state index is 3.23. The van der Waals surface area contributed by atoms with Crippen LogP contribution in [0.25, 0.3) is 5.57 Å². The molecule has 0 saturated heterocycles. The highest BCUT2D eigenvalue weighted by molar-refractivity contribution is 5.76. The molecule has 0 N–H and O–H groups in total. The molecule has 0 amide bonds. The van der Waals surface area contributed by atoms with Gasteiger partial charge >= 0.3 is 0 Å². The molecular formula is C34H18. The summed E-state index contributed by atoms with van der Waals surface area (Å²) in [6, 6.07) is 24.2. The fourth-order valence-electron chi connectivity index (χ4n) is 3.35. The fourth-order valence-corrected chi connectivity index (χ4v) is 3.35. The number of benzene rings is 3. The SMILES string of the molecule is C1=CC=CC=1C#Cc1ccc(C#Cc2ccc(C#Cc3ccc(C4=C=CC=C4)cc3)cc2)cc1. The van der Waals surface area contributed by atoms with Crippen molar-refractivity contribution in [2.45, 2.75) is 0 Å². The summed E-state index contributed by atoms with van der Waals surface area (Å²) in [6.45, 7) is 0. The molecule has 0 saturated carbocycles. The van der Waals surface area contributed by atoms with Gasteiger partial charge < -0.3 is 0 Å². The summed E-state index contributed by atoms with van der Waals surface area (Å²) in [6.07, 6.45) is 11.7. The maximum Gasteiger partial charge on any atom is 0.0667 e. The topological polar surface area (TPSA) is 0 Å². The molecule has 3 aromatic rings. The van der Waals surface area contributed by atoms with Crippen LogP contribution in [-0.4, -0.2) is 0 Å². The fraction of sp³-hybridized carbons (Fsp3) is 0. The average Bonchev–Trinajstić information content (AvgIpc) is 3.62. The van der Waals surface area contributed by atoms with Gasteiger partial charge in [-0.25, -0.2) is 0 Å². The maximum atomic E-state index is 3.23. The molecule has 0 aliphatic heterocycles. The molecule has 2 aliphatic carbocycles. The standard InChI is InChI=1S/C34H18/c1-2-6-27(5-1)9-10-28-11-13-29(14-12-28)15-16-30-17-19-31(20-18-30)21-22-32-23-25-34(26-24-32)33-7-3-4-8-33/h1-5,7,11-14,17-20,23-26H. The predicted molar refractivity (Wildman–Crippen MR) is 140 cm³/mol. The Kier molecular flexibility index (Phi) is 6.09. The van der Waals surface area contributed by atoms with E-state index >= 15 is 0 Å². The second-order valence-corrected chi connectivity index (χ2v) is 7.65. The molecule has 0 nitrogen and oxygen atoms in total. The molecule has 0 fully saturated rings. The second-order valence-electron chi connectivity index (χ2n) is 7.65. The van der Waals surface area contributed by atoms with Crippen LogP contribution >= 0.6 is 0 Å². The number of rotatable bonds is 1. The summed E-state index contributed by atoms with van der Waals surface area (Å²) in [4.78, 5) is 0. The molecular weight excluding hydrogens is 408 g/mol. The summed E-state index contributed by atoms with van der Waals surface area (Å²) in [5.41, 5.74) is 14.3. The van der Waals surface area contributed by atoms with Gasteiger partial charge in [-0.3, -0.25) is 0 Å². The Bertz CT molecular complexity index is 1620. The lowest BCUT2D eigenvalue weighted by Gasteiger charge is -1.98. The van der Waals surface area contributed by atoms with Crippen molar-refractivity contribution in [2.24, 2.45) is 0 Å². The quantitative estimate of drug-likeness (QED) is 0.304. The van der Waals surface area contributed by atoms with Gasteiger partial charge in [-0.05, 0) is 90.5 Å². The van der Waals surface area contributed by atoms with Crippen LogP contribution in [0.1, 0.15) is 33.4 Å². The van der Waals surface area contributed by atoms with E-state index in [9.17, 15) is 0 Å². The largest absolute Gasteiger partial charge is 0.112 e. The molecule has 34 heavy (non-hydrogen) atoms. The van der Waals surface area contributed by atoms with E-state index in [1.165, 1.54) is 0 Å². The minimum absolute atomic E-state index is 0.905. The van der Waals surface area contributed by atoms with Crippen molar-refractivity contribution in [1.82, 2.24) is 0 Å². The summed E-state index contributed by atoms with van der Waals surface area (Å²) >= 11 is 0. The van der Waals surface area contributed by atoms with E-state index in [2.05, 4.69) is 65.2 Å². The van der Waals surface area contributed by atoms with E-state index in [4.69, 9.17) is 0 Å². The molecule has 0 aromatic heterocycles. The minimum atomic E-state index is 0.905. The van der Waals surface area contributed by atoms with Crippen molar-refractivity contribution < 1.29 is 0 Å². The number of allylic oxidation sites excluding steroid dienone is 6. The van der Waals surface area contributed by atoms with Crippen molar-refractivity contribution in [2.75, 3.05) is 0 Å². The van der Waals surface area contributed by atoms with E-state index in [1.807, 2.05) is 91.0 Å². The summed E-state index contributed by atoms with van der Waals surface area (Å²) in [5, 5.41) is 0. The van der Waals surface area contributed by atoms with Gasteiger partial charge in [0, 0.05) is 33.4 Å². The third-order valence-electron chi connectivity index (χ3n) is 5.21. The van der Waals surface area contributed by atoms with Crippen LogP contribution in [0.2, 0.25) is 0 Å². The van der Waals surface area contributed by atoms with Gasteiger partial charge in [0.05, 0.1) is 5.57 Å². The first-order valence-electron chi connectivity index (χ1n) is 11.0. The highest BCUT2D eigenvalue weighted by Gasteiger charge is 1.99. The van der Waals surface area contributed by atoms with Gasteiger partial charge in [0.15, 0.2) is 0 Å². The van der Waals surface area contributed by atoms with E-state index in [0.29, 0.717) is 0 Å². The molecule has 0 atom stereocenters. The molecule has 154 valence electrons. The van der Waals surface area contributed by atoms with Gasteiger partial charge in [-0.1, -0.05) is 59.8 Å². The van der Waals surface area contributed by atoms with Crippen molar-refractivity contribution >= 4 is 5.57 Å². The Morgan fingerprint density at radius 3 is 1.24 bits per heavy atom. The van der Waals surface area contributed by atoms with E-state index in [-0.39, 0.29) is 0 Å². The second kappa shape index (κ2) is 9.99. The van der Waals surface area contributed by atoms with Gasteiger partial charge in [-0.2, -0.15) is 0 Å². The van der Waals surface area contributed by atoms with E-state index < -0.39 is 0 Å². The van der Waals surface area contributed by atoms with Crippen molar-refractivity contribution in [3.63, 3.8) is 0 Å². The lowest BCUT2D eigenvalue weighted by molar-refractivity contribution is 1.57. The van der Waals surface area contributed by atoms with Crippen LogP contribution in [0.5, 0.6) is 0 Å². The number of hydrogen-bond acceptors (Lipinski definition) is 0. The van der Waals surface area contributed by atoms with Crippen molar-refractivity contribution in [1.29, 1.82) is 0 Å². The predicted octanol–water partition coefficient (Wildman–Crippen LogP) is 6.60. The minimum Gasteiger partial charge on any atom is -0.112 e. The Hall–Kier alpha value is -5.14. The van der Waals surface area contributed by atoms with Crippen molar-refractivity contribution in [3.8, 4) is 35.5 Å². The summed E-state index contributed by atoms with van der Waals surface area (Å²) < 4.78 is 0. The van der Waals surface area contributed by atoms with Gasteiger partial charge in [0.2, 0.25) is 0 Å². The molecule has 3 aromatic carbocycles. The zero-order valence-corrected chi connectivity index (χ0v) is 18.4. The van der Waals surface area contributed by atoms with Crippen molar-refractivity contribution in [3.05, 3.63) is 160 Å². The van der Waals surface area contributed by atoms with Crippen LogP contribution in [0.15, 0.2) is 126 Å². The van der Waals surface area contributed by atoms with E-state index in [1.54, 1.807) is 0 Å². The molecule has 0 spiro atoms. The monoisotopic (exact) mass is 426 g/mol. The highest BCUT2D eigenvalue weighted by atomic mass is 14.0. The zero-order valence-electron chi connectivity index (χ0n) is 18.4. The first-order valence-corrected chi connectivity index (χ1v) is 11.0. The molecule has 2 aliphatic rings. The van der Waals surface area contributed by atoms with E-state index in [0.717, 1.165) is 44.5 Å². The number of hydrogen-bond donors (Lipinski definition) is 0. The Morgan fingerprint density at radius 2 is 0.824 bits per heavy atom. The molecule has 0 heteroatoms. The Balaban J connectivity index is 1.22. The molecule has 0 radical (unpaired) electrons. The van der Waals surface area contributed by atoms with Crippen LogP contribution in [0.3, 0.4) is 0 Å². The first-order chi connectivity index (χ1) is 16.8. The normalized spacial score (nSPS) is 12.1. The summed E-state index contributed by atoms with van der Waals surface area (Å²) in [5.74, 6) is 19.1. The summed E-state index contributed by atoms with van der Waals surface area (Å²) in [7, 11) is 0. The molecule has 0 heterocycles. The van der Waals surface area contributed by atoms with Crippen LogP contribution in [0.4, 0.5) is 0 Å². The van der Waals surface area contributed by atoms with Gasteiger partial charge in [-0.15, -0.1) is 11.5 Å². The molecule has 5 rings (SSSR count). The smallest absolute Gasteiger partial charge is 0.0667 e. The highest BCUT2D eigenvalue weighted by Crippen LogP contribution is 2.18. The molecule has 0 unspecified atom stereocenters. The van der Waals surface area contributed by atoms with Crippen LogP contribution in [0, 0.1) is 35.5 Å². The Morgan fingerprint density at radius 1 is 0.412 bits per heavy atom.